The van der Waals surface area contributed by atoms with E-state index in [1.54, 1.807) is 18.2 Å². The number of ether oxygens (including phenoxy) is 2. The molecule has 0 bridgehead atoms. The van der Waals surface area contributed by atoms with E-state index in [1.165, 1.54) is 18.9 Å². The van der Waals surface area contributed by atoms with Crippen LogP contribution in [-0.2, 0) is 15.9 Å². The highest BCUT2D eigenvalue weighted by Gasteiger charge is 2.26. The van der Waals surface area contributed by atoms with Crippen LogP contribution in [0.2, 0.25) is 0 Å². The summed E-state index contributed by atoms with van der Waals surface area (Å²) in [5.74, 6) is -0.0496. The molecule has 1 aliphatic heterocycles. The van der Waals surface area contributed by atoms with Crippen LogP contribution in [0.4, 0.5) is 0 Å². The van der Waals surface area contributed by atoms with E-state index in [2.05, 4.69) is 0 Å². The Balaban J connectivity index is 1.71. The van der Waals surface area contributed by atoms with Crippen LogP contribution in [-0.4, -0.2) is 30.9 Å². The summed E-state index contributed by atoms with van der Waals surface area (Å²) in [5.41, 5.74) is 2.18. The summed E-state index contributed by atoms with van der Waals surface area (Å²) in [6.45, 7) is 0. The summed E-state index contributed by atoms with van der Waals surface area (Å²) in [5, 5.41) is 0. The lowest BCUT2D eigenvalue weighted by atomic mass is 9.99. The van der Waals surface area contributed by atoms with Crippen LogP contribution in [0.1, 0.15) is 26.3 Å². The number of benzene rings is 2. The molecule has 0 fully saturated rings. The highest BCUT2D eigenvalue weighted by molar-refractivity contribution is 7.99. The lowest BCUT2D eigenvalue weighted by Gasteiger charge is -2.24. The third kappa shape index (κ3) is 3.40. The third-order valence-electron chi connectivity index (χ3n) is 3.68. The van der Waals surface area contributed by atoms with Crippen molar-refractivity contribution in [2.75, 3.05) is 12.9 Å². The van der Waals surface area contributed by atoms with Crippen LogP contribution < -0.4 is 0 Å². The molecule has 0 saturated carbocycles. The molecule has 0 radical (unpaired) electrons. The summed E-state index contributed by atoms with van der Waals surface area (Å²) in [6, 6.07) is 14.8. The van der Waals surface area contributed by atoms with Gasteiger partial charge in [0.2, 0.25) is 0 Å². The Hall–Kier alpha value is -2.27. The maximum Gasteiger partial charge on any atom is 0.338 e. The Bertz CT molecular complexity index is 741. The van der Waals surface area contributed by atoms with E-state index in [0.29, 0.717) is 23.3 Å². The number of carbonyl (C=O) groups is 2. The van der Waals surface area contributed by atoms with Crippen molar-refractivity contribution >= 4 is 23.7 Å². The van der Waals surface area contributed by atoms with Crippen LogP contribution in [0, 0.1) is 0 Å². The molecular weight excluding hydrogens is 312 g/mol. The monoisotopic (exact) mass is 328 g/mol. The average molecular weight is 328 g/mol. The summed E-state index contributed by atoms with van der Waals surface area (Å²) >= 11 is 1.50. The number of esters is 2. The summed E-state index contributed by atoms with van der Waals surface area (Å²) in [4.78, 5) is 24.6. The first-order chi connectivity index (χ1) is 11.2. The molecule has 0 N–H and O–H groups in total. The van der Waals surface area contributed by atoms with Crippen molar-refractivity contribution in [3.05, 3.63) is 65.2 Å². The predicted molar refractivity (Wildman–Crippen MR) is 87.9 cm³/mol. The number of hydrogen-bond acceptors (Lipinski definition) is 5. The van der Waals surface area contributed by atoms with Gasteiger partial charge >= 0.3 is 11.9 Å². The van der Waals surface area contributed by atoms with Gasteiger partial charge in [0.05, 0.1) is 18.2 Å². The zero-order chi connectivity index (χ0) is 16.2. The van der Waals surface area contributed by atoms with Crippen LogP contribution in [0.5, 0.6) is 0 Å². The molecule has 23 heavy (non-hydrogen) atoms. The Morgan fingerprint density at radius 1 is 1.22 bits per heavy atom. The lowest BCUT2D eigenvalue weighted by Crippen LogP contribution is -2.29. The molecule has 1 unspecified atom stereocenters. The standard InChI is InChI=1S/C18H16O4S/c1-21-17(19)15-8-4-5-9-16(15)23-11-13-10-12-6-2-3-7-14(12)18(20)22-13/h2-9,13H,10-11H2,1H3. The fourth-order valence-electron chi connectivity index (χ4n) is 2.55. The normalized spacial score (nSPS) is 16.4. The SMILES string of the molecule is COC(=O)c1ccccc1SCC1Cc2ccccc2C(=O)O1. The zero-order valence-electron chi connectivity index (χ0n) is 12.7. The minimum Gasteiger partial charge on any atom is -0.465 e. The summed E-state index contributed by atoms with van der Waals surface area (Å²) < 4.78 is 10.3. The second-order valence-electron chi connectivity index (χ2n) is 5.19. The van der Waals surface area contributed by atoms with Gasteiger partial charge in [-0.1, -0.05) is 30.3 Å². The summed E-state index contributed by atoms with van der Waals surface area (Å²) in [6.07, 6.45) is 0.489. The molecule has 5 heteroatoms. The number of rotatable bonds is 4. The molecule has 0 spiro atoms. The number of thioether (sulfide) groups is 1. The molecule has 118 valence electrons. The number of methoxy groups -OCH3 is 1. The van der Waals surface area contributed by atoms with E-state index in [0.717, 1.165) is 10.5 Å². The van der Waals surface area contributed by atoms with Crippen LogP contribution in [0.15, 0.2) is 53.4 Å². The van der Waals surface area contributed by atoms with Crippen LogP contribution in [0.3, 0.4) is 0 Å². The predicted octanol–water partition coefficient (Wildman–Crippen LogP) is 3.35. The van der Waals surface area contributed by atoms with Gasteiger partial charge in [-0.2, -0.15) is 0 Å². The van der Waals surface area contributed by atoms with Crippen molar-refractivity contribution < 1.29 is 19.1 Å². The van der Waals surface area contributed by atoms with E-state index in [-0.39, 0.29) is 18.0 Å². The molecule has 4 nitrogen and oxygen atoms in total. The van der Waals surface area contributed by atoms with E-state index in [1.807, 2.05) is 30.3 Å². The number of fused-ring (bicyclic) bond motifs is 1. The first kappa shape index (κ1) is 15.6. The van der Waals surface area contributed by atoms with Gasteiger partial charge in [0.25, 0.3) is 0 Å². The van der Waals surface area contributed by atoms with Crippen molar-refractivity contribution in [3.8, 4) is 0 Å². The molecule has 1 atom stereocenters. The Morgan fingerprint density at radius 2 is 1.96 bits per heavy atom. The molecular formula is C18H16O4S. The number of cyclic esters (lactones) is 1. The molecule has 1 aliphatic rings. The van der Waals surface area contributed by atoms with Gasteiger partial charge in [-0.3, -0.25) is 0 Å². The maximum absolute atomic E-state index is 12.0. The molecule has 2 aromatic rings. The Labute approximate surface area is 138 Å². The molecule has 0 amide bonds. The van der Waals surface area contributed by atoms with Gasteiger partial charge in [0.15, 0.2) is 0 Å². The minimum absolute atomic E-state index is 0.201. The second kappa shape index (κ2) is 6.87. The largest absolute Gasteiger partial charge is 0.465 e. The second-order valence-corrected chi connectivity index (χ2v) is 6.25. The minimum atomic E-state index is -0.362. The molecule has 0 aromatic heterocycles. The van der Waals surface area contributed by atoms with Crippen LogP contribution >= 0.6 is 11.8 Å². The van der Waals surface area contributed by atoms with Gasteiger partial charge in [-0.15, -0.1) is 11.8 Å². The van der Waals surface area contributed by atoms with Gasteiger partial charge in [0, 0.05) is 17.1 Å². The number of carbonyl (C=O) groups excluding carboxylic acids is 2. The first-order valence-electron chi connectivity index (χ1n) is 7.28. The topological polar surface area (TPSA) is 52.6 Å². The highest BCUT2D eigenvalue weighted by Crippen LogP contribution is 2.28. The van der Waals surface area contributed by atoms with E-state index >= 15 is 0 Å². The van der Waals surface area contributed by atoms with Gasteiger partial charge in [-0.05, 0) is 23.8 Å². The van der Waals surface area contributed by atoms with Crippen molar-refractivity contribution in [2.45, 2.75) is 17.4 Å². The Morgan fingerprint density at radius 3 is 2.78 bits per heavy atom. The van der Waals surface area contributed by atoms with Crippen molar-refractivity contribution in [3.63, 3.8) is 0 Å². The van der Waals surface area contributed by atoms with Crippen molar-refractivity contribution in [1.29, 1.82) is 0 Å². The molecule has 2 aromatic carbocycles. The summed E-state index contributed by atoms with van der Waals surface area (Å²) in [7, 11) is 1.36. The third-order valence-corrected chi connectivity index (χ3v) is 4.88. The van der Waals surface area contributed by atoms with E-state index < -0.39 is 0 Å². The number of hydrogen-bond donors (Lipinski definition) is 0. The van der Waals surface area contributed by atoms with Gasteiger partial charge < -0.3 is 9.47 Å². The fourth-order valence-corrected chi connectivity index (χ4v) is 3.58. The smallest absolute Gasteiger partial charge is 0.338 e. The molecule has 3 rings (SSSR count). The van der Waals surface area contributed by atoms with Crippen molar-refractivity contribution in [2.24, 2.45) is 0 Å². The van der Waals surface area contributed by atoms with Gasteiger partial charge in [0.1, 0.15) is 6.10 Å². The average Bonchev–Trinajstić information content (AvgIpc) is 2.59. The zero-order valence-corrected chi connectivity index (χ0v) is 13.5. The molecule has 0 saturated heterocycles. The lowest BCUT2D eigenvalue weighted by molar-refractivity contribution is 0.0311. The van der Waals surface area contributed by atoms with Crippen molar-refractivity contribution in [1.82, 2.24) is 0 Å². The molecule has 1 heterocycles. The van der Waals surface area contributed by atoms with E-state index in [4.69, 9.17) is 9.47 Å². The van der Waals surface area contributed by atoms with Crippen LogP contribution in [0.25, 0.3) is 0 Å². The fraction of sp³-hybridized carbons (Fsp3) is 0.222. The van der Waals surface area contributed by atoms with Gasteiger partial charge in [-0.25, -0.2) is 9.59 Å². The van der Waals surface area contributed by atoms with E-state index in [9.17, 15) is 9.59 Å². The molecule has 0 aliphatic carbocycles. The maximum atomic E-state index is 12.0. The first-order valence-corrected chi connectivity index (χ1v) is 8.26. The Kier molecular flexibility index (Phi) is 4.67. The highest BCUT2D eigenvalue weighted by atomic mass is 32.2. The quantitative estimate of drug-likeness (QED) is 0.636.